The summed E-state index contributed by atoms with van der Waals surface area (Å²) in [5.41, 5.74) is 1.42. The van der Waals surface area contributed by atoms with Gasteiger partial charge in [0, 0.05) is 30.3 Å². The summed E-state index contributed by atoms with van der Waals surface area (Å²) >= 11 is 0. The molecule has 0 saturated carbocycles. The number of nitrogens with one attached hydrogen (secondary N) is 2. The molecule has 2 N–H and O–H groups in total. The monoisotopic (exact) mass is 270 g/mol. The molecule has 100 valence electrons. The minimum atomic E-state index is -0.466. The lowest BCUT2D eigenvalue weighted by Crippen LogP contribution is -2.09. The lowest BCUT2D eigenvalue weighted by atomic mass is 10.2. The molecule has 0 fully saturated rings. The van der Waals surface area contributed by atoms with Crippen molar-refractivity contribution < 1.29 is 14.7 Å². The minimum absolute atomic E-state index is 0.0205. The van der Waals surface area contributed by atoms with Crippen molar-refractivity contribution in [3.8, 4) is 0 Å². The van der Waals surface area contributed by atoms with E-state index < -0.39 is 4.92 Å². The Labute approximate surface area is 114 Å². The normalized spacial score (nSPS) is 10.4. The van der Waals surface area contributed by atoms with Gasteiger partial charge in [0.25, 0.3) is 5.69 Å². The first-order valence-corrected chi connectivity index (χ1v) is 5.85. The summed E-state index contributed by atoms with van der Waals surface area (Å²) in [4.78, 5) is 24.5. The number of nitro groups is 1. The lowest BCUT2D eigenvalue weighted by Gasteiger charge is -1.98. The molecule has 0 saturated heterocycles. The van der Waals surface area contributed by atoms with Gasteiger partial charge in [0.1, 0.15) is 0 Å². The largest absolute Gasteiger partial charge is 0.322 e. The average molecular weight is 270 g/mol. The zero-order valence-electron chi connectivity index (χ0n) is 10.4. The average Bonchev–Trinajstić information content (AvgIpc) is 2.46. The molecular weight excluding hydrogens is 258 g/mol. The molecule has 6 nitrogen and oxygen atoms in total. The molecule has 1 amide bonds. The summed E-state index contributed by atoms with van der Waals surface area (Å²) in [6.07, 6.45) is 6.37. The molecule has 2 aromatic rings. The molecule has 20 heavy (non-hydrogen) atoms. The summed E-state index contributed by atoms with van der Waals surface area (Å²) < 4.78 is 0. The number of anilines is 1. The standard InChI is InChI=1S/C14H11N3O3/c18-14(16-12-7-9-15-10-8-12)6-3-11-1-4-13(5-2-11)17(19)20/h1-10H,(H,15,16,18)/p+1. The molecule has 6 heteroatoms. The molecule has 1 aromatic carbocycles. The molecule has 1 aromatic heterocycles. The first kappa shape index (κ1) is 13.4. The predicted octanol–water partition coefficient (Wildman–Crippen LogP) is 2.06. The maximum absolute atomic E-state index is 11.6. The van der Waals surface area contributed by atoms with Crippen LogP contribution in [0.2, 0.25) is 0 Å². The Morgan fingerprint density at radius 3 is 2.40 bits per heavy atom. The van der Waals surface area contributed by atoms with Crippen molar-refractivity contribution in [2.75, 3.05) is 5.32 Å². The second-order valence-electron chi connectivity index (χ2n) is 3.96. The highest BCUT2D eigenvalue weighted by molar-refractivity contribution is 6.01. The maximum atomic E-state index is 11.6. The summed E-state index contributed by atoms with van der Waals surface area (Å²) in [5, 5.41) is 13.2. The van der Waals surface area contributed by atoms with Gasteiger partial charge in [-0.2, -0.15) is 0 Å². The fourth-order valence-corrected chi connectivity index (χ4v) is 1.53. The van der Waals surface area contributed by atoms with Crippen LogP contribution < -0.4 is 10.3 Å². The molecule has 0 aliphatic heterocycles. The Morgan fingerprint density at radius 2 is 1.80 bits per heavy atom. The van der Waals surface area contributed by atoms with Crippen molar-refractivity contribution in [3.05, 3.63) is 70.5 Å². The quantitative estimate of drug-likeness (QED) is 0.524. The number of benzene rings is 1. The molecule has 0 bridgehead atoms. The van der Waals surface area contributed by atoms with Gasteiger partial charge in [-0.15, -0.1) is 0 Å². The number of carbonyl (C=O) groups excluding carboxylic acids is 1. The highest BCUT2D eigenvalue weighted by Crippen LogP contribution is 2.13. The van der Waals surface area contributed by atoms with Crippen LogP contribution in [0.5, 0.6) is 0 Å². The third-order valence-electron chi connectivity index (χ3n) is 2.52. The van der Waals surface area contributed by atoms with Crippen LogP contribution in [-0.2, 0) is 4.79 Å². The number of non-ortho nitro benzene ring substituents is 1. The highest BCUT2D eigenvalue weighted by Gasteiger charge is 2.03. The Morgan fingerprint density at radius 1 is 1.15 bits per heavy atom. The number of carbonyl (C=O) groups is 1. The van der Waals surface area contributed by atoms with Crippen LogP contribution in [0.15, 0.2) is 54.9 Å². The van der Waals surface area contributed by atoms with Crippen molar-refractivity contribution >= 4 is 23.4 Å². The summed E-state index contributed by atoms with van der Waals surface area (Å²) in [5.74, 6) is -0.269. The first-order valence-electron chi connectivity index (χ1n) is 5.85. The number of pyridine rings is 1. The van der Waals surface area contributed by atoms with E-state index >= 15 is 0 Å². The Hall–Kier alpha value is -3.02. The predicted molar refractivity (Wildman–Crippen MR) is 73.8 cm³/mol. The number of nitrogens with zero attached hydrogens (tertiary/aromatic N) is 1. The van der Waals surface area contributed by atoms with Gasteiger partial charge in [-0.25, -0.2) is 4.98 Å². The molecule has 2 rings (SSSR count). The molecule has 0 radical (unpaired) electrons. The van der Waals surface area contributed by atoms with Crippen LogP contribution in [0.1, 0.15) is 5.56 Å². The van der Waals surface area contributed by atoms with E-state index in [1.807, 2.05) is 0 Å². The number of hydrogen-bond donors (Lipinski definition) is 1. The smallest absolute Gasteiger partial charge is 0.269 e. The van der Waals surface area contributed by atoms with Gasteiger partial charge in [0.15, 0.2) is 12.4 Å². The van der Waals surface area contributed by atoms with Crippen molar-refractivity contribution in [2.45, 2.75) is 0 Å². The summed E-state index contributed by atoms with van der Waals surface area (Å²) in [7, 11) is 0. The van der Waals surface area contributed by atoms with E-state index in [1.54, 1.807) is 42.7 Å². The molecule has 0 aliphatic rings. The number of aromatic amines is 1. The zero-order chi connectivity index (χ0) is 14.4. The number of hydrogen-bond acceptors (Lipinski definition) is 3. The zero-order valence-corrected chi connectivity index (χ0v) is 10.4. The van der Waals surface area contributed by atoms with Crippen molar-refractivity contribution in [3.63, 3.8) is 0 Å². The van der Waals surface area contributed by atoms with Gasteiger partial charge in [0.05, 0.1) is 10.6 Å². The van der Waals surface area contributed by atoms with E-state index in [0.29, 0.717) is 11.3 Å². The van der Waals surface area contributed by atoms with Crippen LogP contribution >= 0.6 is 0 Å². The molecule has 0 spiro atoms. The highest BCUT2D eigenvalue weighted by atomic mass is 16.6. The van der Waals surface area contributed by atoms with E-state index in [2.05, 4.69) is 10.3 Å². The number of H-pyrrole nitrogens is 1. The Kier molecular flexibility index (Phi) is 4.18. The molecule has 0 aliphatic carbocycles. The van der Waals surface area contributed by atoms with Gasteiger partial charge in [-0.1, -0.05) is 0 Å². The summed E-state index contributed by atoms with van der Waals surface area (Å²) in [6, 6.07) is 9.42. The van der Waals surface area contributed by atoms with Crippen LogP contribution in [0.3, 0.4) is 0 Å². The second kappa shape index (κ2) is 6.24. The second-order valence-corrected chi connectivity index (χ2v) is 3.96. The topological polar surface area (TPSA) is 86.4 Å². The van der Waals surface area contributed by atoms with Crippen LogP contribution in [0.25, 0.3) is 6.08 Å². The minimum Gasteiger partial charge on any atom is -0.322 e. The Bertz CT molecular complexity index is 636. The van der Waals surface area contributed by atoms with Gasteiger partial charge in [-0.05, 0) is 23.8 Å². The SMILES string of the molecule is O=C(C=Cc1ccc([N+](=O)[O-])cc1)Nc1cc[nH+]cc1. The number of amides is 1. The van der Waals surface area contributed by atoms with Gasteiger partial charge < -0.3 is 5.32 Å². The third-order valence-corrected chi connectivity index (χ3v) is 2.52. The van der Waals surface area contributed by atoms with E-state index in [-0.39, 0.29) is 11.6 Å². The van der Waals surface area contributed by atoms with Crippen LogP contribution in [0, 0.1) is 10.1 Å². The lowest BCUT2D eigenvalue weighted by molar-refractivity contribution is -0.384. The molecular formula is C14H12N3O3+. The summed E-state index contributed by atoms with van der Waals surface area (Å²) in [6.45, 7) is 0. The fourth-order valence-electron chi connectivity index (χ4n) is 1.53. The molecule has 1 heterocycles. The third kappa shape index (κ3) is 3.74. The van der Waals surface area contributed by atoms with Crippen LogP contribution in [-0.4, -0.2) is 10.8 Å². The number of rotatable bonds is 4. The van der Waals surface area contributed by atoms with Gasteiger partial charge in [0.2, 0.25) is 5.91 Å². The van der Waals surface area contributed by atoms with E-state index in [0.717, 1.165) is 0 Å². The van der Waals surface area contributed by atoms with Crippen LogP contribution in [0.4, 0.5) is 11.4 Å². The van der Waals surface area contributed by atoms with Gasteiger partial charge >= 0.3 is 0 Å². The fraction of sp³-hybridized carbons (Fsp3) is 0. The van der Waals surface area contributed by atoms with E-state index in [1.165, 1.54) is 18.2 Å². The molecule has 0 unspecified atom stereocenters. The first-order chi connectivity index (χ1) is 9.65. The molecule has 0 atom stereocenters. The number of nitro benzene ring substituents is 1. The van der Waals surface area contributed by atoms with E-state index in [9.17, 15) is 14.9 Å². The van der Waals surface area contributed by atoms with Crippen molar-refractivity contribution in [2.24, 2.45) is 0 Å². The Balaban J connectivity index is 1.98. The van der Waals surface area contributed by atoms with Crippen molar-refractivity contribution in [1.82, 2.24) is 0 Å². The maximum Gasteiger partial charge on any atom is 0.269 e. The number of aromatic nitrogens is 1. The van der Waals surface area contributed by atoms with Crippen molar-refractivity contribution in [1.29, 1.82) is 0 Å². The van der Waals surface area contributed by atoms with Gasteiger partial charge in [-0.3, -0.25) is 14.9 Å². The van der Waals surface area contributed by atoms with E-state index in [4.69, 9.17) is 0 Å².